The summed E-state index contributed by atoms with van der Waals surface area (Å²) in [4.78, 5) is 14.3. The Bertz CT molecular complexity index is 509. The molecule has 1 aliphatic heterocycles. The average Bonchev–Trinajstić information content (AvgIpc) is 3.19. The van der Waals surface area contributed by atoms with Crippen LogP contribution in [0, 0.1) is 18.8 Å². The summed E-state index contributed by atoms with van der Waals surface area (Å²) in [5, 5.41) is 3.05. The number of ether oxygens (including phenoxy) is 1. The third-order valence-electron chi connectivity index (χ3n) is 4.29. The van der Waals surface area contributed by atoms with Gasteiger partial charge < -0.3 is 15.0 Å². The number of amides is 1. The fourth-order valence-electron chi connectivity index (χ4n) is 2.72. The van der Waals surface area contributed by atoms with E-state index < -0.39 is 0 Å². The molecule has 0 aromatic heterocycles. The molecule has 3 rings (SSSR count). The first-order valence-electron chi connectivity index (χ1n) is 7.39. The Labute approximate surface area is 120 Å². The van der Waals surface area contributed by atoms with Crippen LogP contribution in [0.1, 0.15) is 18.9 Å². The normalized spacial score (nSPS) is 25.4. The highest BCUT2D eigenvalue weighted by Crippen LogP contribution is 2.38. The monoisotopic (exact) mass is 274 g/mol. The lowest BCUT2D eigenvalue weighted by atomic mass is 10.1. The topological polar surface area (TPSA) is 41.6 Å². The van der Waals surface area contributed by atoms with E-state index in [0.717, 1.165) is 44.0 Å². The first kappa shape index (κ1) is 13.4. The van der Waals surface area contributed by atoms with Gasteiger partial charge in [0.25, 0.3) is 0 Å². The largest absolute Gasteiger partial charge is 0.378 e. The summed E-state index contributed by atoms with van der Waals surface area (Å²) >= 11 is 0. The van der Waals surface area contributed by atoms with Gasteiger partial charge in [0.1, 0.15) is 0 Å². The summed E-state index contributed by atoms with van der Waals surface area (Å²) in [6.45, 7) is 7.62. The third-order valence-corrected chi connectivity index (χ3v) is 4.29. The molecule has 0 radical (unpaired) electrons. The molecule has 2 fully saturated rings. The quantitative estimate of drug-likeness (QED) is 0.920. The van der Waals surface area contributed by atoms with Crippen molar-refractivity contribution < 1.29 is 9.53 Å². The Hall–Kier alpha value is -1.55. The zero-order chi connectivity index (χ0) is 14.1. The predicted molar refractivity (Wildman–Crippen MR) is 80.1 cm³/mol. The van der Waals surface area contributed by atoms with Crippen LogP contribution in [0.4, 0.5) is 11.4 Å². The van der Waals surface area contributed by atoms with Crippen LogP contribution in [0.15, 0.2) is 18.2 Å². The minimum Gasteiger partial charge on any atom is -0.378 e. The van der Waals surface area contributed by atoms with Crippen LogP contribution < -0.4 is 10.2 Å². The second-order valence-electron chi connectivity index (χ2n) is 5.91. The molecule has 1 heterocycles. The SMILES string of the molecule is Cc1cc(N2CCOCC2)ccc1NC(=O)C1CC1C. The van der Waals surface area contributed by atoms with Gasteiger partial charge in [-0.05, 0) is 43.0 Å². The minimum atomic E-state index is 0.166. The Morgan fingerprint density at radius 1 is 1.35 bits per heavy atom. The highest BCUT2D eigenvalue weighted by atomic mass is 16.5. The zero-order valence-electron chi connectivity index (χ0n) is 12.2. The Morgan fingerprint density at radius 2 is 2.05 bits per heavy atom. The number of carbonyl (C=O) groups excluding carboxylic acids is 1. The maximum absolute atomic E-state index is 12.0. The van der Waals surface area contributed by atoms with Crippen molar-refractivity contribution in [2.45, 2.75) is 20.3 Å². The smallest absolute Gasteiger partial charge is 0.227 e. The Balaban J connectivity index is 1.68. The zero-order valence-corrected chi connectivity index (χ0v) is 12.2. The van der Waals surface area contributed by atoms with E-state index in [4.69, 9.17) is 4.74 Å². The van der Waals surface area contributed by atoms with Crippen LogP contribution in [0.3, 0.4) is 0 Å². The van der Waals surface area contributed by atoms with E-state index in [1.807, 2.05) is 6.07 Å². The third kappa shape index (κ3) is 2.80. The van der Waals surface area contributed by atoms with E-state index in [1.54, 1.807) is 0 Å². The first-order valence-corrected chi connectivity index (χ1v) is 7.39. The lowest BCUT2D eigenvalue weighted by Crippen LogP contribution is -2.36. The Kier molecular flexibility index (Phi) is 3.66. The number of hydrogen-bond donors (Lipinski definition) is 1. The number of carbonyl (C=O) groups is 1. The van der Waals surface area contributed by atoms with Gasteiger partial charge in [-0.1, -0.05) is 6.92 Å². The van der Waals surface area contributed by atoms with E-state index in [0.29, 0.717) is 5.92 Å². The number of anilines is 2. The lowest BCUT2D eigenvalue weighted by molar-refractivity contribution is -0.117. The predicted octanol–water partition coefficient (Wildman–Crippen LogP) is 2.43. The van der Waals surface area contributed by atoms with Gasteiger partial charge in [0.15, 0.2) is 0 Å². The number of nitrogens with one attached hydrogen (secondary N) is 1. The number of rotatable bonds is 3. The number of morpholine rings is 1. The second kappa shape index (κ2) is 5.44. The lowest BCUT2D eigenvalue weighted by Gasteiger charge is -2.29. The van der Waals surface area contributed by atoms with Crippen LogP contribution in [0.5, 0.6) is 0 Å². The fourth-order valence-corrected chi connectivity index (χ4v) is 2.72. The standard InChI is InChI=1S/C16H22N2O2/c1-11-10-14(11)16(19)17-15-4-3-13(9-12(15)2)18-5-7-20-8-6-18/h3-4,9,11,14H,5-8,10H2,1-2H3,(H,17,19). The Morgan fingerprint density at radius 3 is 2.65 bits per heavy atom. The van der Waals surface area contributed by atoms with Gasteiger partial charge in [-0.15, -0.1) is 0 Å². The molecule has 4 nitrogen and oxygen atoms in total. The molecule has 20 heavy (non-hydrogen) atoms. The maximum Gasteiger partial charge on any atom is 0.227 e. The van der Waals surface area contributed by atoms with E-state index in [1.165, 1.54) is 5.69 Å². The molecule has 1 saturated carbocycles. The van der Waals surface area contributed by atoms with Crippen LogP contribution in [-0.4, -0.2) is 32.2 Å². The molecular weight excluding hydrogens is 252 g/mol. The number of aryl methyl sites for hydroxylation is 1. The molecule has 1 amide bonds. The minimum absolute atomic E-state index is 0.166. The summed E-state index contributed by atoms with van der Waals surface area (Å²) in [5.41, 5.74) is 3.27. The second-order valence-corrected chi connectivity index (χ2v) is 5.91. The number of nitrogens with zero attached hydrogens (tertiary/aromatic N) is 1. The molecule has 108 valence electrons. The summed E-state index contributed by atoms with van der Waals surface area (Å²) in [5.74, 6) is 0.927. The van der Waals surface area contributed by atoms with Gasteiger partial charge in [-0.3, -0.25) is 4.79 Å². The number of hydrogen-bond acceptors (Lipinski definition) is 3. The summed E-state index contributed by atoms with van der Waals surface area (Å²) in [6.07, 6.45) is 1.02. The van der Waals surface area contributed by atoms with Gasteiger partial charge in [-0.25, -0.2) is 0 Å². The van der Waals surface area contributed by atoms with Crippen molar-refractivity contribution in [1.29, 1.82) is 0 Å². The van der Waals surface area contributed by atoms with Gasteiger partial charge in [0.2, 0.25) is 5.91 Å². The van der Waals surface area contributed by atoms with Crippen molar-refractivity contribution in [2.75, 3.05) is 36.5 Å². The number of benzene rings is 1. The molecule has 4 heteroatoms. The summed E-state index contributed by atoms with van der Waals surface area (Å²) < 4.78 is 5.37. The molecule has 2 aliphatic rings. The summed E-state index contributed by atoms with van der Waals surface area (Å²) in [6, 6.07) is 6.26. The molecule has 2 unspecified atom stereocenters. The van der Waals surface area contributed by atoms with E-state index >= 15 is 0 Å². The van der Waals surface area contributed by atoms with Crippen LogP contribution in [-0.2, 0) is 9.53 Å². The molecule has 0 bridgehead atoms. The van der Waals surface area contributed by atoms with Crippen molar-refractivity contribution in [2.24, 2.45) is 11.8 Å². The molecular formula is C16H22N2O2. The maximum atomic E-state index is 12.0. The van der Waals surface area contributed by atoms with Gasteiger partial charge in [0, 0.05) is 30.4 Å². The molecule has 1 aliphatic carbocycles. The van der Waals surface area contributed by atoms with Gasteiger partial charge in [0.05, 0.1) is 13.2 Å². The van der Waals surface area contributed by atoms with Crippen LogP contribution in [0.2, 0.25) is 0 Å². The van der Waals surface area contributed by atoms with Crippen molar-refractivity contribution >= 4 is 17.3 Å². The van der Waals surface area contributed by atoms with E-state index in [9.17, 15) is 4.79 Å². The van der Waals surface area contributed by atoms with Crippen molar-refractivity contribution in [1.82, 2.24) is 0 Å². The van der Waals surface area contributed by atoms with Gasteiger partial charge in [-0.2, -0.15) is 0 Å². The molecule has 1 saturated heterocycles. The molecule has 0 spiro atoms. The van der Waals surface area contributed by atoms with Crippen molar-refractivity contribution in [3.63, 3.8) is 0 Å². The fraction of sp³-hybridized carbons (Fsp3) is 0.562. The van der Waals surface area contributed by atoms with Gasteiger partial charge >= 0.3 is 0 Å². The van der Waals surface area contributed by atoms with E-state index in [-0.39, 0.29) is 11.8 Å². The highest BCUT2D eigenvalue weighted by molar-refractivity contribution is 5.95. The molecule has 1 aromatic carbocycles. The highest BCUT2D eigenvalue weighted by Gasteiger charge is 2.39. The molecule has 2 atom stereocenters. The summed E-state index contributed by atoms with van der Waals surface area (Å²) in [7, 11) is 0. The van der Waals surface area contributed by atoms with Crippen LogP contribution in [0.25, 0.3) is 0 Å². The molecule has 1 aromatic rings. The van der Waals surface area contributed by atoms with Crippen LogP contribution >= 0.6 is 0 Å². The van der Waals surface area contributed by atoms with E-state index in [2.05, 4.69) is 36.2 Å². The first-order chi connectivity index (χ1) is 9.65. The van der Waals surface area contributed by atoms with Crippen molar-refractivity contribution in [3.05, 3.63) is 23.8 Å². The molecule has 1 N–H and O–H groups in total. The van der Waals surface area contributed by atoms with Crippen molar-refractivity contribution in [3.8, 4) is 0 Å². The average molecular weight is 274 g/mol.